The van der Waals surface area contributed by atoms with E-state index in [2.05, 4.69) is 0 Å². The zero-order chi connectivity index (χ0) is 10.8. The van der Waals surface area contributed by atoms with Crippen molar-refractivity contribution in [3.8, 4) is 5.75 Å². The van der Waals surface area contributed by atoms with Crippen LogP contribution in [0.5, 0.6) is 5.75 Å². The molecule has 3 heteroatoms. The fraction of sp³-hybridized carbons (Fsp3) is 0.455. The molecule has 0 aromatic heterocycles. The molecule has 0 aliphatic rings. The largest absolute Gasteiger partial charge is 0.496 e. The lowest BCUT2D eigenvalue weighted by Gasteiger charge is -2.23. The molecule has 0 fully saturated rings. The number of methoxy groups -OCH3 is 1. The van der Waals surface area contributed by atoms with Crippen LogP contribution in [-0.2, 0) is 12.2 Å². The van der Waals surface area contributed by atoms with Crippen molar-refractivity contribution in [3.05, 3.63) is 29.3 Å². The number of rotatable bonds is 3. The summed E-state index contributed by atoms with van der Waals surface area (Å²) in [7, 11) is 1.53. The monoisotopic (exact) mass is 197 g/mol. The molecule has 0 heterocycles. The minimum atomic E-state index is -0.556. The summed E-state index contributed by atoms with van der Waals surface area (Å²) < 4.78 is 17.9. The van der Waals surface area contributed by atoms with E-state index in [1.807, 2.05) is 26.0 Å². The predicted molar refractivity (Wildman–Crippen MR) is 55.0 cm³/mol. The summed E-state index contributed by atoms with van der Waals surface area (Å²) in [5.74, 6) is 0.559. The first-order valence-electron chi connectivity index (χ1n) is 4.52. The van der Waals surface area contributed by atoms with Gasteiger partial charge < -0.3 is 10.5 Å². The Morgan fingerprint density at radius 1 is 1.43 bits per heavy atom. The number of halogens is 1. The van der Waals surface area contributed by atoms with Gasteiger partial charge >= 0.3 is 0 Å². The highest BCUT2D eigenvalue weighted by molar-refractivity contribution is 5.42. The minimum Gasteiger partial charge on any atom is -0.496 e. The van der Waals surface area contributed by atoms with E-state index in [1.54, 1.807) is 6.07 Å². The highest BCUT2D eigenvalue weighted by atomic mass is 19.1. The summed E-state index contributed by atoms with van der Waals surface area (Å²) in [5.41, 5.74) is 6.72. The molecular formula is C11H16FNO. The normalized spacial score (nSPS) is 11.5. The second kappa shape index (κ2) is 3.96. The zero-order valence-electron chi connectivity index (χ0n) is 8.80. The summed E-state index contributed by atoms with van der Waals surface area (Å²) in [6.07, 6.45) is 0. The van der Waals surface area contributed by atoms with Crippen molar-refractivity contribution in [2.75, 3.05) is 7.11 Å². The van der Waals surface area contributed by atoms with Gasteiger partial charge in [0.15, 0.2) is 0 Å². The Bertz CT molecular complexity index is 318. The molecule has 0 aliphatic heterocycles. The maximum Gasteiger partial charge on any atom is 0.125 e. The topological polar surface area (TPSA) is 35.2 Å². The number of benzene rings is 1. The quantitative estimate of drug-likeness (QED) is 0.807. The van der Waals surface area contributed by atoms with Crippen LogP contribution in [0.1, 0.15) is 25.0 Å². The Morgan fingerprint density at radius 3 is 2.50 bits per heavy atom. The average Bonchev–Trinajstić information content (AvgIpc) is 2.15. The van der Waals surface area contributed by atoms with E-state index in [0.717, 1.165) is 5.56 Å². The van der Waals surface area contributed by atoms with Crippen LogP contribution in [0.3, 0.4) is 0 Å². The van der Waals surface area contributed by atoms with Crippen molar-refractivity contribution < 1.29 is 9.13 Å². The molecule has 2 nitrogen and oxygen atoms in total. The number of hydrogen-bond donors (Lipinski definition) is 1. The Morgan fingerprint density at radius 2 is 2.07 bits per heavy atom. The number of ether oxygens (including phenoxy) is 1. The summed E-state index contributed by atoms with van der Waals surface area (Å²) in [6.45, 7) is 3.14. The predicted octanol–water partition coefficient (Wildman–Crippen LogP) is 2.36. The molecule has 0 saturated heterocycles. The van der Waals surface area contributed by atoms with Crippen molar-refractivity contribution >= 4 is 0 Å². The third kappa shape index (κ3) is 2.04. The molecule has 2 N–H and O–H groups in total. The Kier molecular flexibility index (Phi) is 3.11. The molecule has 0 unspecified atom stereocenters. The van der Waals surface area contributed by atoms with Crippen molar-refractivity contribution in [1.29, 1.82) is 0 Å². The molecule has 0 spiro atoms. The average molecular weight is 197 g/mol. The van der Waals surface area contributed by atoms with E-state index in [4.69, 9.17) is 10.5 Å². The van der Waals surface area contributed by atoms with E-state index >= 15 is 0 Å². The molecule has 14 heavy (non-hydrogen) atoms. The molecule has 0 amide bonds. The van der Waals surface area contributed by atoms with Gasteiger partial charge in [0, 0.05) is 11.1 Å². The summed E-state index contributed by atoms with van der Waals surface area (Å²) >= 11 is 0. The van der Waals surface area contributed by atoms with Crippen molar-refractivity contribution in [3.63, 3.8) is 0 Å². The van der Waals surface area contributed by atoms with Crippen LogP contribution in [0.15, 0.2) is 18.2 Å². The lowest BCUT2D eigenvalue weighted by Crippen LogP contribution is -2.30. The summed E-state index contributed by atoms with van der Waals surface area (Å²) in [6, 6.07) is 5.39. The van der Waals surface area contributed by atoms with Gasteiger partial charge in [-0.05, 0) is 25.5 Å². The molecular weight excluding hydrogens is 181 g/mol. The van der Waals surface area contributed by atoms with Gasteiger partial charge in [-0.15, -0.1) is 0 Å². The van der Waals surface area contributed by atoms with Crippen LogP contribution in [-0.4, -0.2) is 7.11 Å². The van der Waals surface area contributed by atoms with E-state index in [9.17, 15) is 4.39 Å². The molecule has 78 valence electrons. The van der Waals surface area contributed by atoms with Crippen LogP contribution in [0.2, 0.25) is 0 Å². The minimum absolute atomic E-state index is 0.544. The van der Waals surface area contributed by atoms with E-state index in [1.165, 1.54) is 7.11 Å². The Balaban J connectivity index is 3.29. The fourth-order valence-corrected chi connectivity index (χ4v) is 1.50. The van der Waals surface area contributed by atoms with Crippen molar-refractivity contribution in [1.82, 2.24) is 0 Å². The van der Waals surface area contributed by atoms with Crippen molar-refractivity contribution in [2.24, 2.45) is 5.73 Å². The molecule has 0 atom stereocenters. The van der Waals surface area contributed by atoms with Crippen molar-refractivity contribution in [2.45, 2.75) is 26.1 Å². The molecule has 1 aromatic rings. The number of nitrogens with two attached hydrogens (primary N) is 1. The Hall–Kier alpha value is -1.09. The van der Waals surface area contributed by atoms with Gasteiger partial charge in [0.25, 0.3) is 0 Å². The maximum absolute atomic E-state index is 12.8. The molecule has 0 radical (unpaired) electrons. The van der Waals surface area contributed by atoms with Crippen LogP contribution in [0.4, 0.5) is 4.39 Å². The van der Waals surface area contributed by atoms with E-state index < -0.39 is 12.2 Å². The lowest BCUT2D eigenvalue weighted by atomic mass is 9.91. The summed E-state index contributed by atoms with van der Waals surface area (Å²) in [5, 5.41) is 0. The zero-order valence-corrected chi connectivity index (χ0v) is 8.80. The van der Waals surface area contributed by atoms with Gasteiger partial charge in [0.1, 0.15) is 12.4 Å². The second-order valence-electron chi connectivity index (χ2n) is 3.84. The SMILES string of the molecule is COc1cccc(C(C)(C)N)c1CF. The third-order valence-corrected chi connectivity index (χ3v) is 2.18. The van der Waals surface area contributed by atoms with Gasteiger partial charge in [-0.25, -0.2) is 4.39 Å². The molecule has 1 aromatic carbocycles. The maximum atomic E-state index is 12.8. The molecule has 0 bridgehead atoms. The van der Waals surface area contributed by atoms with Crippen LogP contribution in [0, 0.1) is 0 Å². The standard InChI is InChI=1S/C11H16FNO/c1-11(2,13)9-5-4-6-10(14-3)8(9)7-12/h4-6H,7,13H2,1-3H3. The summed E-state index contributed by atoms with van der Waals surface area (Å²) in [4.78, 5) is 0. The first-order chi connectivity index (χ1) is 6.50. The first-order valence-corrected chi connectivity index (χ1v) is 4.52. The second-order valence-corrected chi connectivity index (χ2v) is 3.84. The third-order valence-electron chi connectivity index (χ3n) is 2.18. The number of hydrogen-bond acceptors (Lipinski definition) is 2. The molecule has 0 aliphatic carbocycles. The highest BCUT2D eigenvalue weighted by Crippen LogP contribution is 2.29. The highest BCUT2D eigenvalue weighted by Gasteiger charge is 2.20. The van der Waals surface area contributed by atoms with Gasteiger partial charge in [-0.2, -0.15) is 0 Å². The fourth-order valence-electron chi connectivity index (χ4n) is 1.50. The Labute approximate surface area is 83.9 Å². The smallest absolute Gasteiger partial charge is 0.125 e. The van der Waals surface area contributed by atoms with Gasteiger partial charge in [0.2, 0.25) is 0 Å². The molecule has 0 saturated carbocycles. The van der Waals surface area contributed by atoms with Crippen LogP contribution in [0.25, 0.3) is 0 Å². The van der Waals surface area contributed by atoms with Crippen LogP contribution < -0.4 is 10.5 Å². The molecule has 1 rings (SSSR count). The van der Waals surface area contributed by atoms with E-state index in [0.29, 0.717) is 11.3 Å². The van der Waals surface area contributed by atoms with Gasteiger partial charge in [-0.1, -0.05) is 12.1 Å². The van der Waals surface area contributed by atoms with Crippen LogP contribution >= 0.6 is 0 Å². The van der Waals surface area contributed by atoms with Gasteiger partial charge in [-0.3, -0.25) is 0 Å². The first kappa shape index (κ1) is 11.0. The lowest BCUT2D eigenvalue weighted by molar-refractivity contribution is 0.387. The number of alkyl halides is 1. The van der Waals surface area contributed by atoms with E-state index in [-0.39, 0.29) is 0 Å². The van der Waals surface area contributed by atoms with Gasteiger partial charge in [0.05, 0.1) is 7.11 Å².